The van der Waals surface area contributed by atoms with Crippen molar-refractivity contribution in [3.63, 3.8) is 0 Å². The predicted octanol–water partition coefficient (Wildman–Crippen LogP) is 3.01. The van der Waals surface area contributed by atoms with Crippen LogP contribution in [0.3, 0.4) is 0 Å². The number of rotatable bonds is 2. The van der Waals surface area contributed by atoms with Crippen LogP contribution in [-0.4, -0.2) is 16.4 Å². The number of amides is 1. The molecule has 0 aromatic heterocycles. The van der Waals surface area contributed by atoms with Gasteiger partial charge in [-0.3, -0.25) is 9.69 Å². The van der Waals surface area contributed by atoms with Crippen LogP contribution in [0.25, 0.3) is 5.53 Å². The summed E-state index contributed by atoms with van der Waals surface area (Å²) in [6.07, 6.45) is 0. The number of benzene rings is 2. The fourth-order valence-electron chi connectivity index (χ4n) is 2.29. The summed E-state index contributed by atoms with van der Waals surface area (Å²) in [7, 11) is 0. The van der Waals surface area contributed by atoms with Crippen LogP contribution in [0.1, 0.15) is 11.1 Å². The monoisotopic (exact) mass is 327 g/mol. The van der Waals surface area contributed by atoms with E-state index in [4.69, 9.17) is 5.53 Å². The number of carbonyl (C=O) groups is 1. The number of hydrogen-bond acceptors (Lipinski definition) is 1. The Morgan fingerprint density at radius 2 is 1.80 bits per heavy atom. The van der Waals surface area contributed by atoms with Crippen molar-refractivity contribution in [2.75, 3.05) is 4.90 Å². The molecule has 20 heavy (non-hydrogen) atoms. The van der Waals surface area contributed by atoms with Gasteiger partial charge in [0.2, 0.25) is 0 Å². The molecule has 0 atom stereocenters. The Kier molecular flexibility index (Phi) is 3.22. The molecule has 0 spiro atoms. The van der Waals surface area contributed by atoms with Crippen molar-refractivity contribution in [2.45, 2.75) is 6.54 Å². The van der Waals surface area contributed by atoms with Gasteiger partial charge in [-0.15, -0.1) is 0 Å². The zero-order chi connectivity index (χ0) is 14.1. The van der Waals surface area contributed by atoms with Crippen molar-refractivity contribution in [1.29, 1.82) is 0 Å². The van der Waals surface area contributed by atoms with Crippen molar-refractivity contribution < 1.29 is 9.58 Å². The summed E-state index contributed by atoms with van der Waals surface area (Å²) in [6.45, 7) is 0.447. The van der Waals surface area contributed by atoms with Crippen LogP contribution >= 0.6 is 15.9 Å². The molecule has 0 bridgehead atoms. The number of para-hydroxylation sites is 1. The Morgan fingerprint density at radius 1 is 1.10 bits per heavy atom. The Morgan fingerprint density at radius 3 is 2.50 bits per heavy atom. The third-order valence-electron chi connectivity index (χ3n) is 3.25. The average Bonchev–Trinajstić information content (AvgIpc) is 2.74. The van der Waals surface area contributed by atoms with E-state index >= 15 is 0 Å². The maximum Gasteiger partial charge on any atom is 0.389 e. The molecule has 0 saturated heterocycles. The van der Waals surface area contributed by atoms with Crippen LogP contribution in [-0.2, 0) is 11.3 Å². The molecule has 1 aliphatic rings. The predicted molar refractivity (Wildman–Crippen MR) is 79.5 cm³/mol. The summed E-state index contributed by atoms with van der Waals surface area (Å²) >= 11 is 3.38. The van der Waals surface area contributed by atoms with E-state index in [0.717, 1.165) is 15.7 Å². The molecule has 1 aliphatic heterocycles. The zero-order valence-electron chi connectivity index (χ0n) is 10.5. The quantitative estimate of drug-likeness (QED) is 0.617. The van der Waals surface area contributed by atoms with Gasteiger partial charge >= 0.3 is 11.6 Å². The minimum Gasteiger partial charge on any atom is -0.361 e. The topological polar surface area (TPSA) is 56.7 Å². The normalized spacial score (nSPS) is 13.3. The first-order chi connectivity index (χ1) is 9.70. The van der Waals surface area contributed by atoms with Gasteiger partial charge < -0.3 is 5.53 Å². The van der Waals surface area contributed by atoms with Gasteiger partial charge in [-0.1, -0.05) is 40.2 Å². The number of halogens is 1. The van der Waals surface area contributed by atoms with E-state index in [1.807, 2.05) is 42.5 Å². The molecule has 2 aromatic carbocycles. The van der Waals surface area contributed by atoms with E-state index < -0.39 is 0 Å². The SMILES string of the molecule is [N-]=[N+]=C1C(=O)N(Cc2ccc(Br)cc2)c2ccccc21. The third-order valence-corrected chi connectivity index (χ3v) is 3.78. The number of hydrogen-bond donors (Lipinski definition) is 0. The Labute approximate surface area is 124 Å². The fourth-order valence-corrected chi connectivity index (χ4v) is 2.55. The van der Waals surface area contributed by atoms with Crippen molar-refractivity contribution in [2.24, 2.45) is 0 Å². The van der Waals surface area contributed by atoms with Crippen LogP contribution in [0.15, 0.2) is 53.0 Å². The van der Waals surface area contributed by atoms with Gasteiger partial charge in [0.25, 0.3) is 0 Å². The van der Waals surface area contributed by atoms with E-state index in [9.17, 15) is 4.79 Å². The van der Waals surface area contributed by atoms with Crippen LogP contribution in [0, 0.1) is 0 Å². The second-order valence-corrected chi connectivity index (χ2v) is 5.40. The van der Waals surface area contributed by atoms with Gasteiger partial charge in [-0.05, 0) is 29.8 Å². The highest BCUT2D eigenvalue weighted by molar-refractivity contribution is 9.10. The fraction of sp³-hybridized carbons (Fsp3) is 0.0667. The van der Waals surface area contributed by atoms with Gasteiger partial charge in [0, 0.05) is 4.47 Å². The lowest BCUT2D eigenvalue weighted by molar-refractivity contribution is -0.116. The molecule has 2 aromatic rings. The van der Waals surface area contributed by atoms with E-state index in [1.54, 1.807) is 11.0 Å². The van der Waals surface area contributed by atoms with Crippen molar-refractivity contribution in [3.05, 3.63) is 69.7 Å². The van der Waals surface area contributed by atoms with Gasteiger partial charge in [0.15, 0.2) is 0 Å². The van der Waals surface area contributed by atoms with E-state index in [0.29, 0.717) is 12.1 Å². The van der Waals surface area contributed by atoms with Crippen LogP contribution in [0.5, 0.6) is 0 Å². The third kappa shape index (κ3) is 2.07. The maximum atomic E-state index is 12.3. The minimum atomic E-state index is -0.281. The maximum absolute atomic E-state index is 12.3. The smallest absolute Gasteiger partial charge is 0.361 e. The molecule has 1 heterocycles. The summed E-state index contributed by atoms with van der Waals surface area (Å²) in [6, 6.07) is 15.1. The second-order valence-electron chi connectivity index (χ2n) is 4.48. The molecule has 0 aliphatic carbocycles. The van der Waals surface area contributed by atoms with Crippen molar-refractivity contribution in [3.8, 4) is 0 Å². The highest BCUT2D eigenvalue weighted by atomic mass is 79.9. The molecule has 3 rings (SSSR count). The Hall–Kier alpha value is -2.23. The van der Waals surface area contributed by atoms with Gasteiger partial charge in [0.1, 0.15) is 0 Å². The second kappa shape index (κ2) is 5.04. The molecule has 98 valence electrons. The molecule has 0 saturated carbocycles. The standard InChI is InChI=1S/C15H10BrN3O/c16-11-7-5-10(6-8-11)9-19-13-4-2-1-3-12(13)14(18-17)15(19)20/h1-8H,9H2. The summed E-state index contributed by atoms with van der Waals surface area (Å²) in [4.78, 5) is 17.0. The summed E-state index contributed by atoms with van der Waals surface area (Å²) in [5.41, 5.74) is 11.6. The lowest BCUT2D eigenvalue weighted by Crippen LogP contribution is -2.29. The van der Waals surface area contributed by atoms with Crippen LogP contribution < -0.4 is 4.90 Å². The minimum absolute atomic E-state index is 0.0951. The van der Waals surface area contributed by atoms with Gasteiger partial charge in [-0.2, -0.15) is 4.79 Å². The molecular formula is C15H10BrN3O. The number of fused-ring (bicyclic) bond motifs is 1. The zero-order valence-corrected chi connectivity index (χ0v) is 12.0. The number of nitrogens with zero attached hydrogens (tertiary/aromatic N) is 3. The summed E-state index contributed by atoms with van der Waals surface area (Å²) in [5, 5.41) is 0. The van der Waals surface area contributed by atoms with E-state index in [-0.39, 0.29) is 11.6 Å². The molecule has 5 heteroatoms. The first-order valence-corrected chi connectivity index (χ1v) is 6.88. The highest BCUT2D eigenvalue weighted by Gasteiger charge is 2.40. The highest BCUT2D eigenvalue weighted by Crippen LogP contribution is 2.29. The Balaban J connectivity index is 2.00. The van der Waals surface area contributed by atoms with E-state index in [1.165, 1.54) is 0 Å². The van der Waals surface area contributed by atoms with Gasteiger partial charge in [0.05, 0.1) is 17.8 Å². The molecule has 0 fully saturated rings. The largest absolute Gasteiger partial charge is 0.389 e. The van der Waals surface area contributed by atoms with Crippen molar-refractivity contribution >= 4 is 33.2 Å². The molecule has 0 unspecified atom stereocenters. The molecule has 0 N–H and O–H groups in total. The molecule has 1 amide bonds. The van der Waals surface area contributed by atoms with Gasteiger partial charge in [-0.25, -0.2) is 0 Å². The molecular weight excluding hydrogens is 318 g/mol. The van der Waals surface area contributed by atoms with Crippen molar-refractivity contribution in [1.82, 2.24) is 0 Å². The van der Waals surface area contributed by atoms with E-state index in [2.05, 4.69) is 20.7 Å². The number of anilines is 1. The summed E-state index contributed by atoms with van der Waals surface area (Å²) in [5.74, 6) is -0.281. The average molecular weight is 328 g/mol. The first-order valence-electron chi connectivity index (χ1n) is 6.08. The molecule has 0 radical (unpaired) electrons. The Bertz CT molecular complexity index is 733. The molecule has 4 nitrogen and oxygen atoms in total. The number of carbonyl (C=O) groups excluding carboxylic acids is 1. The lowest BCUT2D eigenvalue weighted by Gasteiger charge is -2.15. The van der Waals surface area contributed by atoms with Crippen LogP contribution in [0.2, 0.25) is 0 Å². The van der Waals surface area contributed by atoms with Crippen LogP contribution in [0.4, 0.5) is 5.69 Å². The first kappa shape index (κ1) is 12.8. The lowest BCUT2D eigenvalue weighted by atomic mass is 10.1. The summed E-state index contributed by atoms with van der Waals surface area (Å²) < 4.78 is 0.993.